The highest BCUT2D eigenvalue weighted by Crippen LogP contribution is 2.52. The third-order valence-corrected chi connectivity index (χ3v) is 11.5. The average molecular weight is 733 g/mol. The Hall–Kier alpha value is -7.37. The summed E-state index contributed by atoms with van der Waals surface area (Å²) < 4.78 is 7.08. The molecule has 0 amide bonds. The number of para-hydroxylation sites is 1. The molecule has 10 aromatic rings. The Kier molecular flexibility index (Phi) is 7.45. The van der Waals surface area contributed by atoms with Gasteiger partial charge in [-0.05, 0) is 81.6 Å². The Bertz CT molecular complexity index is 3100. The van der Waals surface area contributed by atoms with Gasteiger partial charge in [0, 0.05) is 44.3 Å². The molecule has 5 nitrogen and oxygen atoms in total. The molecule has 0 atom stereocenters. The van der Waals surface area contributed by atoms with E-state index in [2.05, 4.69) is 140 Å². The molecule has 0 radical (unpaired) electrons. The standard InChI is InChI=1S/C52H36N4O/c1-52(2)43-25-15-14-24-39(43)40-27-26-38(32-44(40)52)56(37-22-10-5-11-23-37)45-29-28-41(47-42-30-35-20-12-13-21-36(35)31-46(42)57-48(45)47)51-54-49(33-16-6-3-7-17-33)53-50(55-51)34-18-8-4-9-19-34/h3-32H,1-2H3. The van der Waals surface area contributed by atoms with Gasteiger partial charge in [-0.25, -0.2) is 15.0 Å². The lowest BCUT2D eigenvalue weighted by atomic mass is 9.82. The number of hydrogen-bond donors (Lipinski definition) is 0. The van der Waals surface area contributed by atoms with E-state index in [9.17, 15) is 0 Å². The third-order valence-electron chi connectivity index (χ3n) is 11.5. The smallest absolute Gasteiger partial charge is 0.164 e. The molecular formula is C52H36N4O. The van der Waals surface area contributed by atoms with Crippen LogP contribution in [0, 0.1) is 0 Å². The molecule has 2 aromatic heterocycles. The van der Waals surface area contributed by atoms with Crippen molar-refractivity contribution in [2.75, 3.05) is 4.90 Å². The lowest BCUT2D eigenvalue weighted by molar-refractivity contribution is 0.660. The monoisotopic (exact) mass is 732 g/mol. The summed E-state index contributed by atoms with van der Waals surface area (Å²) in [5.41, 5.74) is 12.4. The van der Waals surface area contributed by atoms with Gasteiger partial charge in [0.25, 0.3) is 0 Å². The minimum Gasteiger partial charge on any atom is -0.454 e. The first-order valence-electron chi connectivity index (χ1n) is 19.4. The topological polar surface area (TPSA) is 55.1 Å². The van der Waals surface area contributed by atoms with E-state index in [1.165, 1.54) is 22.3 Å². The van der Waals surface area contributed by atoms with Crippen LogP contribution in [0.4, 0.5) is 17.1 Å². The van der Waals surface area contributed by atoms with E-state index in [0.717, 1.165) is 66.5 Å². The Balaban J connectivity index is 1.19. The van der Waals surface area contributed by atoms with Crippen molar-refractivity contribution >= 4 is 49.8 Å². The lowest BCUT2D eigenvalue weighted by Gasteiger charge is -2.28. The molecule has 270 valence electrons. The Morgan fingerprint density at radius 3 is 1.72 bits per heavy atom. The first kappa shape index (κ1) is 33.0. The van der Waals surface area contributed by atoms with Crippen LogP contribution in [0.1, 0.15) is 25.0 Å². The maximum absolute atomic E-state index is 7.08. The molecule has 0 fully saturated rings. The van der Waals surface area contributed by atoms with Crippen LogP contribution in [0.2, 0.25) is 0 Å². The van der Waals surface area contributed by atoms with Crippen LogP contribution in [-0.2, 0) is 5.41 Å². The number of benzene rings is 8. The van der Waals surface area contributed by atoms with Gasteiger partial charge >= 0.3 is 0 Å². The molecule has 1 aliphatic rings. The quantitative estimate of drug-likeness (QED) is 0.170. The van der Waals surface area contributed by atoms with Gasteiger partial charge in [-0.15, -0.1) is 0 Å². The second kappa shape index (κ2) is 12.9. The second-order valence-electron chi connectivity index (χ2n) is 15.2. The molecule has 5 heteroatoms. The molecule has 1 aliphatic carbocycles. The highest BCUT2D eigenvalue weighted by atomic mass is 16.3. The molecule has 2 heterocycles. The molecule has 0 aliphatic heterocycles. The van der Waals surface area contributed by atoms with Gasteiger partial charge in [0.1, 0.15) is 5.58 Å². The van der Waals surface area contributed by atoms with Crippen LogP contribution in [0.25, 0.3) is 78.0 Å². The summed E-state index contributed by atoms with van der Waals surface area (Å²) >= 11 is 0. The van der Waals surface area contributed by atoms with E-state index in [1.807, 2.05) is 60.7 Å². The number of fused-ring (bicyclic) bond motifs is 7. The summed E-state index contributed by atoms with van der Waals surface area (Å²) in [4.78, 5) is 17.7. The largest absolute Gasteiger partial charge is 0.454 e. The van der Waals surface area contributed by atoms with Gasteiger partial charge in [-0.3, -0.25) is 0 Å². The van der Waals surface area contributed by atoms with Crippen LogP contribution < -0.4 is 4.90 Å². The fourth-order valence-electron chi connectivity index (χ4n) is 8.68. The predicted molar refractivity (Wildman–Crippen MR) is 233 cm³/mol. The number of aromatic nitrogens is 3. The minimum atomic E-state index is -0.158. The van der Waals surface area contributed by atoms with Crippen molar-refractivity contribution in [3.8, 4) is 45.3 Å². The molecule has 0 spiro atoms. The predicted octanol–water partition coefficient (Wildman–Crippen LogP) is 13.7. The van der Waals surface area contributed by atoms with Gasteiger partial charge in [0.05, 0.1) is 5.69 Å². The number of rotatable bonds is 6. The molecule has 0 saturated heterocycles. The minimum absolute atomic E-state index is 0.158. The lowest BCUT2D eigenvalue weighted by Crippen LogP contribution is -2.16. The molecule has 0 N–H and O–H groups in total. The van der Waals surface area contributed by atoms with E-state index < -0.39 is 0 Å². The summed E-state index contributed by atoms with van der Waals surface area (Å²) in [6.45, 7) is 4.65. The fourth-order valence-corrected chi connectivity index (χ4v) is 8.68. The zero-order valence-corrected chi connectivity index (χ0v) is 31.5. The van der Waals surface area contributed by atoms with Crippen LogP contribution in [0.5, 0.6) is 0 Å². The van der Waals surface area contributed by atoms with E-state index in [1.54, 1.807) is 0 Å². The van der Waals surface area contributed by atoms with E-state index in [-0.39, 0.29) is 5.41 Å². The van der Waals surface area contributed by atoms with Crippen molar-refractivity contribution in [1.29, 1.82) is 0 Å². The van der Waals surface area contributed by atoms with Crippen LogP contribution in [0.15, 0.2) is 186 Å². The highest BCUT2D eigenvalue weighted by Gasteiger charge is 2.36. The van der Waals surface area contributed by atoms with Gasteiger partial charge in [-0.2, -0.15) is 0 Å². The normalized spacial score (nSPS) is 12.9. The van der Waals surface area contributed by atoms with E-state index in [0.29, 0.717) is 17.5 Å². The molecule has 8 aromatic carbocycles. The van der Waals surface area contributed by atoms with Gasteiger partial charge < -0.3 is 9.32 Å². The molecule has 11 rings (SSSR count). The Morgan fingerprint density at radius 1 is 0.456 bits per heavy atom. The van der Waals surface area contributed by atoms with Crippen LogP contribution in [-0.4, -0.2) is 15.0 Å². The van der Waals surface area contributed by atoms with Crippen molar-refractivity contribution in [3.05, 3.63) is 193 Å². The highest BCUT2D eigenvalue weighted by molar-refractivity contribution is 6.18. The van der Waals surface area contributed by atoms with Crippen LogP contribution >= 0.6 is 0 Å². The maximum atomic E-state index is 7.08. The molecule has 0 saturated carbocycles. The SMILES string of the molecule is CC1(C)c2ccccc2-c2ccc(N(c3ccccc3)c3ccc(-c4nc(-c5ccccc5)nc(-c5ccccc5)n4)c4c3oc3cc5ccccc5cc34)cc21. The number of furan rings is 1. The zero-order chi connectivity index (χ0) is 38.1. The van der Waals surface area contributed by atoms with Crippen molar-refractivity contribution < 1.29 is 4.42 Å². The van der Waals surface area contributed by atoms with Crippen molar-refractivity contribution in [2.24, 2.45) is 0 Å². The first-order chi connectivity index (χ1) is 28.0. The second-order valence-corrected chi connectivity index (χ2v) is 15.2. The summed E-state index contributed by atoms with van der Waals surface area (Å²) in [5.74, 6) is 1.81. The summed E-state index contributed by atoms with van der Waals surface area (Å²) in [7, 11) is 0. The summed E-state index contributed by atoms with van der Waals surface area (Å²) in [6.07, 6.45) is 0. The fraction of sp³-hybridized carbons (Fsp3) is 0.0577. The molecule has 0 bridgehead atoms. The van der Waals surface area contributed by atoms with E-state index in [4.69, 9.17) is 19.4 Å². The van der Waals surface area contributed by atoms with Crippen molar-refractivity contribution in [1.82, 2.24) is 15.0 Å². The molecule has 0 unspecified atom stereocenters. The zero-order valence-electron chi connectivity index (χ0n) is 31.5. The number of anilines is 3. The number of hydrogen-bond acceptors (Lipinski definition) is 5. The Labute approximate surface area is 330 Å². The summed E-state index contributed by atoms with van der Waals surface area (Å²) in [6, 6.07) is 63.6. The van der Waals surface area contributed by atoms with Crippen LogP contribution in [0.3, 0.4) is 0 Å². The molecule has 57 heavy (non-hydrogen) atoms. The molecular weight excluding hydrogens is 697 g/mol. The van der Waals surface area contributed by atoms with Crippen molar-refractivity contribution in [2.45, 2.75) is 19.3 Å². The van der Waals surface area contributed by atoms with Gasteiger partial charge in [-0.1, -0.05) is 147 Å². The van der Waals surface area contributed by atoms with Gasteiger partial charge in [0.15, 0.2) is 23.1 Å². The summed E-state index contributed by atoms with van der Waals surface area (Å²) in [5, 5.41) is 4.20. The third kappa shape index (κ3) is 5.35. The first-order valence-corrected chi connectivity index (χ1v) is 19.4. The van der Waals surface area contributed by atoms with Crippen molar-refractivity contribution in [3.63, 3.8) is 0 Å². The number of nitrogens with zero attached hydrogens (tertiary/aromatic N) is 4. The average Bonchev–Trinajstić information content (AvgIpc) is 3.75. The van der Waals surface area contributed by atoms with E-state index >= 15 is 0 Å². The Morgan fingerprint density at radius 2 is 1.02 bits per heavy atom. The van der Waals surface area contributed by atoms with Gasteiger partial charge in [0.2, 0.25) is 0 Å². The maximum Gasteiger partial charge on any atom is 0.164 e.